The summed E-state index contributed by atoms with van der Waals surface area (Å²) in [5, 5.41) is 0. The lowest BCUT2D eigenvalue weighted by Gasteiger charge is -2.31. The molecule has 3 aliphatic heterocycles. The molecule has 168 valence electrons. The van der Waals surface area contributed by atoms with E-state index < -0.39 is 5.82 Å². The lowest BCUT2D eigenvalue weighted by atomic mass is 9.96. The molecule has 2 amide bonds. The Kier molecular flexibility index (Phi) is 5.96. The van der Waals surface area contributed by atoms with Gasteiger partial charge in [-0.1, -0.05) is 18.2 Å². The van der Waals surface area contributed by atoms with E-state index >= 15 is 0 Å². The first-order chi connectivity index (χ1) is 15.6. The Morgan fingerprint density at radius 3 is 2.53 bits per heavy atom. The van der Waals surface area contributed by atoms with Crippen LogP contribution in [-0.2, 0) is 13.0 Å². The van der Waals surface area contributed by atoms with Gasteiger partial charge in [0.1, 0.15) is 5.82 Å². The summed E-state index contributed by atoms with van der Waals surface area (Å²) in [6.45, 7) is 5.10. The molecule has 3 aliphatic rings. The summed E-state index contributed by atoms with van der Waals surface area (Å²) in [5.41, 5.74) is 3.00. The van der Waals surface area contributed by atoms with Crippen LogP contribution in [0.15, 0.2) is 42.5 Å². The largest absolute Gasteiger partial charge is 0.334 e. The SMILES string of the molecule is O=C(c1ccccc1F)N1CCc2cc(C(=O)N3CCCC3CN3CCCC3)ccc2C1. The topological polar surface area (TPSA) is 43.9 Å². The van der Waals surface area contributed by atoms with E-state index in [0.717, 1.165) is 55.7 Å². The van der Waals surface area contributed by atoms with Gasteiger partial charge in [-0.2, -0.15) is 0 Å². The van der Waals surface area contributed by atoms with Gasteiger partial charge in [-0.05, 0) is 80.6 Å². The van der Waals surface area contributed by atoms with Gasteiger partial charge >= 0.3 is 0 Å². The van der Waals surface area contributed by atoms with Crippen molar-refractivity contribution in [3.8, 4) is 0 Å². The highest BCUT2D eigenvalue weighted by molar-refractivity contribution is 5.96. The van der Waals surface area contributed by atoms with Crippen LogP contribution in [0.3, 0.4) is 0 Å². The van der Waals surface area contributed by atoms with Crippen molar-refractivity contribution in [2.45, 2.75) is 44.7 Å². The van der Waals surface area contributed by atoms with E-state index in [1.54, 1.807) is 17.0 Å². The Morgan fingerprint density at radius 1 is 0.906 bits per heavy atom. The summed E-state index contributed by atoms with van der Waals surface area (Å²) < 4.78 is 14.0. The first-order valence-electron chi connectivity index (χ1n) is 11.8. The normalized spacial score (nSPS) is 21.1. The first kappa shape index (κ1) is 21.1. The van der Waals surface area contributed by atoms with Crippen LogP contribution in [0, 0.1) is 5.82 Å². The molecule has 2 aromatic carbocycles. The average Bonchev–Trinajstić information content (AvgIpc) is 3.50. The van der Waals surface area contributed by atoms with E-state index in [1.807, 2.05) is 18.2 Å². The molecule has 6 heteroatoms. The molecular formula is C26H30FN3O2. The van der Waals surface area contributed by atoms with Gasteiger partial charge in [0.15, 0.2) is 0 Å². The van der Waals surface area contributed by atoms with Crippen LogP contribution in [-0.4, -0.2) is 65.3 Å². The van der Waals surface area contributed by atoms with Crippen molar-refractivity contribution in [1.29, 1.82) is 0 Å². The minimum absolute atomic E-state index is 0.112. The molecule has 0 bridgehead atoms. The van der Waals surface area contributed by atoms with E-state index in [-0.39, 0.29) is 17.4 Å². The molecule has 2 fully saturated rings. The Balaban J connectivity index is 1.28. The summed E-state index contributed by atoms with van der Waals surface area (Å²) in [6.07, 6.45) is 5.36. The second kappa shape index (κ2) is 9.02. The van der Waals surface area contributed by atoms with Crippen LogP contribution in [0.2, 0.25) is 0 Å². The second-order valence-electron chi connectivity index (χ2n) is 9.24. The summed E-state index contributed by atoms with van der Waals surface area (Å²) in [7, 11) is 0. The second-order valence-corrected chi connectivity index (χ2v) is 9.24. The number of halogens is 1. The van der Waals surface area contributed by atoms with Crippen molar-refractivity contribution in [2.75, 3.05) is 32.7 Å². The number of rotatable bonds is 4. The summed E-state index contributed by atoms with van der Waals surface area (Å²) in [5.74, 6) is -0.645. The van der Waals surface area contributed by atoms with Crippen molar-refractivity contribution in [2.24, 2.45) is 0 Å². The van der Waals surface area contributed by atoms with Crippen LogP contribution >= 0.6 is 0 Å². The standard InChI is InChI=1S/C26H30FN3O2/c27-24-8-2-1-7-23(24)26(32)29-15-11-19-16-20(9-10-21(19)17-29)25(31)30-14-5-6-22(30)18-28-12-3-4-13-28/h1-2,7-10,16,22H,3-6,11-15,17-18H2. The Morgan fingerprint density at radius 2 is 1.72 bits per heavy atom. The van der Waals surface area contributed by atoms with Crippen LogP contribution in [0.25, 0.3) is 0 Å². The highest BCUT2D eigenvalue weighted by atomic mass is 19.1. The summed E-state index contributed by atoms with van der Waals surface area (Å²) >= 11 is 0. The smallest absolute Gasteiger partial charge is 0.257 e. The number of carbonyl (C=O) groups excluding carboxylic acids is 2. The fourth-order valence-corrected chi connectivity index (χ4v) is 5.39. The number of nitrogens with zero attached hydrogens (tertiary/aromatic N) is 3. The molecule has 0 spiro atoms. The molecule has 3 heterocycles. The highest BCUT2D eigenvalue weighted by Gasteiger charge is 2.32. The van der Waals surface area contributed by atoms with E-state index in [1.165, 1.54) is 25.0 Å². The molecule has 5 nitrogen and oxygen atoms in total. The zero-order valence-corrected chi connectivity index (χ0v) is 18.4. The maximum atomic E-state index is 14.0. The quantitative estimate of drug-likeness (QED) is 0.735. The molecule has 2 aromatic rings. The predicted molar refractivity (Wildman–Crippen MR) is 121 cm³/mol. The minimum Gasteiger partial charge on any atom is -0.334 e. The molecule has 0 N–H and O–H groups in total. The molecule has 2 saturated heterocycles. The van der Waals surface area contributed by atoms with E-state index in [4.69, 9.17) is 0 Å². The van der Waals surface area contributed by atoms with E-state index in [2.05, 4.69) is 9.80 Å². The third-order valence-electron chi connectivity index (χ3n) is 7.16. The molecule has 0 saturated carbocycles. The predicted octanol–water partition coefficient (Wildman–Crippen LogP) is 3.72. The Bertz CT molecular complexity index is 1020. The Labute approximate surface area is 188 Å². The molecule has 1 atom stereocenters. The fraction of sp³-hybridized carbons (Fsp3) is 0.462. The average molecular weight is 436 g/mol. The van der Waals surface area contributed by atoms with Crippen molar-refractivity contribution < 1.29 is 14.0 Å². The lowest BCUT2D eigenvalue weighted by Crippen LogP contribution is -2.42. The number of carbonyl (C=O) groups is 2. The van der Waals surface area contributed by atoms with Gasteiger partial charge < -0.3 is 14.7 Å². The summed E-state index contributed by atoms with van der Waals surface area (Å²) in [6, 6.07) is 12.3. The molecular weight excluding hydrogens is 405 g/mol. The van der Waals surface area contributed by atoms with E-state index in [0.29, 0.717) is 25.6 Å². The van der Waals surface area contributed by atoms with Crippen molar-refractivity contribution in [3.05, 3.63) is 70.5 Å². The van der Waals surface area contributed by atoms with Gasteiger partial charge in [0.2, 0.25) is 0 Å². The highest BCUT2D eigenvalue weighted by Crippen LogP contribution is 2.26. The van der Waals surface area contributed by atoms with Gasteiger partial charge in [-0.3, -0.25) is 9.59 Å². The van der Waals surface area contributed by atoms with Crippen LogP contribution in [0.4, 0.5) is 4.39 Å². The summed E-state index contributed by atoms with van der Waals surface area (Å²) in [4.78, 5) is 32.3. The van der Waals surface area contributed by atoms with Gasteiger partial charge in [-0.15, -0.1) is 0 Å². The number of hydrogen-bond donors (Lipinski definition) is 0. The maximum absolute atomic E-state index is 14.0. The Hall–Kier alpha value is -2.73. The van der Waals surface area contributed by atoms with Gasteiger partial charge in [0.25, 0.3) is 11.8 Å². The van der Waals surface area contributed by atoms with E-state index in [9.17, 15) is 14.0 Å². The monoisotopic (exact) mass is 435 g/mol. The maximum Gasteiger partial charge on any atom is 0.257 e. The third kappa shape index (κ3) is 4.16. The first-order valence-corrected chi connectivity index (χ1v) is 11.8. The molecule has 0 radical (unpaired) electrons. The fourth-order valence-electron chi connectivity index (χ4n) is 5.39. The zero-order valence-electron chi connectivity index (χ0n) is 18.4. The van der Waals surface area contributed by atoms with Crippen LogP contribution in [0.1, 0.15) is 57.5 Å². The molecule has 0 aromatic heterocycles. The van der Waals surface area contributed by atoms with Crippen LogP contribution in [0.5, 0.6) is 0 Å². The van der Waals surface area contributed by atoms with Crippen LogP contribution < -0.4 is 0 Å². The molecule has 0 aliphatic carbocycles. The number of hydrogen-bond acceptors (Lipinski definition) is 3. The molecule has 1 unspecified atom stereocenters. The van der Waals surface area contributed by atoms with Gasteiger partial charge in [-0.25, -0.2) is 4.39 Å². The van der Waals surface area contributed by atoms with Gasteiger partial charge in [0.05, 0.1) is 5.56 Å². The van der Waals surface area contributed by atoms with Crippen molar-refractivity contribution in [3.63, 3.8) is 0 Å². The molecule has 5 rings (SSSR count). The number of fused-ring (bicyclic) bond motifs is 1. The van der Waals surface area contributed by atoms with Gasteiger partial charge in [0, 0.05) is 37.8 Å². The number of likely N-dealkylation sites (tertiary alicyclic amines) is 2. The zero-order chi connectivity index (χ0) is 22.1. The lowest BCUT2D eigenvalue weighted by molar-refractivity contribution is 0.0702. The minimum atomic E-state index is -0.488. The molecule has 32 heavy (non-hydrogen) atoms. The number of benzene rings is 2. The third-order valence-corrected chi connectivity index (χ3v) is 7.16. The number of amides is 2. The van der Waals surface area contributed by atoms with Crippen molar-refractivity contribution in [1.82, 2.24) is 14.7 Å². The van der Waals surface area contributed by atoms with Crippen molar-refractivity contribution >= 4 is 11.8 Å².